The Hall–Kier alpha value is -2.88. The molecule has 1 aromatic heterocycles. The van der Waals surface area contributed by atoms with Gasteiger partial charge in [-0.1, -0.05) is 30.2 Å². The van der Waals surface area contributed by atoms with Crippen molar-refractivity contribution < 1.29 is 9.59 Å². The van der Waals surface area contributed by atoms with Crippen molar-refractivity contribution in [2.75, 3.05) is 41.7 Å². The maximum atomic E-state index is 12.9. The summed E-state index contributed by atoms with van der Waals surface area (Å²) >= 11 is 9.47. The van der Waals surface area contributed by atoms with E-state index in [1.54, 1.807) is 24.3 Å². The quantitative estimate of drug-likeness (QED) is 0.341. The Labute approximate surface area is 229 Å². The molecule has 3 aromatic rings. The van der Waals surface area contributed by atoms with Crippen LogP contribution in [0, 0.1) is 0 Å². The molecule has 5 rings (SSSR count). The summed E-state index contributed by atoms with van der Waals surface area (Å²) in [6.07, 6.45) is 6.43. The van der Waals surface area contributed by atoms with Crippen molar-refractivity contribution in [2.24, 2.45) is 0 Å². The van der Waals surface area contributed by atoms with Crippen LogP contribution >= 0.6 is 27.5 Å². The van der Waals surface area contributed by atoms with Crippen LogP contribution in [0.3, 0.4) is 0 Å². The predicted octanol–water partition coefficient (Wildman–Crippen LogP) is 5.78. The van der Waals surface area contributed by atoms with E-state index < -0.39 is 11.8 Å². The summed E-state index contributed by atoms with van der Waals surface area (Å²) in [7, 11) is 0. The highest BCUT2D eigenvalue weighted by molar-refractivity contribution is 9.10. The second-order valence-corrected chi connectivity index (χ2v) is 10.7. The number of piperidine rings is 2. The standard InChI is InChI=1S/C27H30BrClN6O2/c28-23-24(32-33-25(23)31-26(36)21-6-2-3-7-22(21)29)27(37)30-18-8-10-19(11-9-18)35-16-12-20(13-17-35)34-14-4-1-5-15-34/h2-3,6-11,20H,1,4-5,12-17H2,(H,30,37)(H2,31,32,33,36). The van der Waals surface area contributed by atoms with Crippen LogP contribution in [-0.4, -0.2) is 59.1 Å². The van der Waals surface area contributed by atoms with Crippen LogP contribution < -0.4 is 15.5 Å². The highest BCUT2D eigenvalue weighted by Crippen LogP contribution is 2.28. The molecule has 2 aromatic carbocycles. The number of benzene rings is 2. The highest BCUT2D eigenvalue weighted by atomic mass is 79.9. The van der Waals surface area contributed by atoms with Gasteiger partial charge in [0.15, 0.2) is 5.69 Å². The van der Waals surface area contributed by atoms with Gasteiger partial charge in [0.25, 0.3) is 11.8 Å². The number of aromatic amines is 1. The summed E-state index contributed by atoms with van der Waals surface area (Å²) in [5, 5.41) is 12.7. The number of aromatic nitrogens is 2. The minimum absolute atomic E-state index is 0.137. The number of hydrogen-bond donors (Lipinski definition) is 3. The van der Waals surface area contributed by atoms with Crippen molar-refractivity contribution in [3.63, 3.8) is 0 Å². The van der Waals surface area contributed by atoms with Gasteiger partial charge in [-0.3, -0.25) is 14.7 Å². The number of rotatable bonds is 6. The molecule has 0 bridgehead atoms. The first kappa shape index (κ1) is 25.8. The summed E-state index contributed by atoms with van der Waals surface area (Å²) in [6.45, 7) is 4.60. The Morgan fingerprint density at radius 2 is 1.62 bits per heavy atom. The molecule has 0 radical (unpaired) electrons. The van der Waals surface area contributed by atoms with Crippen LogP contribution in [0.5, 0.6) is 0 Å². The zero-order valence-corrected chi connectivity index (χ0v) is 22.8. The molecule has 2 amide bonds. The molecule has 194 valence electrons. The number of nitrogens with one attached hydrogen (secondary N) is 3. The molecule has 0 unspecified atom stereocenters. The van der Waals surface area contributed by atoms with Crippen LogP contribution in [0.25, 0.3) is 0 Å². The van der Waals surface area contributed by atoms with Gasteiger partial charge in [-0.2, -0.15) is 5.10 Å². The van der Waals surface area contributed by atoms with Crippen molar-refractivity contribution in [1.82, 2.24) is 15.1 Å². The van der Waals surface area contributed by atoms with Gasteiger partial charge in [0.1, 0.15) is 5.82 Å². The fraction of sp³-hybridized carbons (Fsp3) is 0.370. The van der Waals surface area contributed by atoms with Crippen LogP contribution in [0.1, 0.15) is 53.0 Å². The second kappa shape index (κ2) is 11.7. The third-order valence-corrected chi connectivity index (χ3v) is 8.24. The molecule has 3 heterocycles. The molecule has 0 atom stereocenters. The first-order valence-electron chi connectivity index (χ1n) is 12.7. The largest absolute Gasteiger partial charge is 0.371 e. The third-order valence-electron chi connectivity index (χ3n) is 7.14. The van der Waals surface area contributed by atoms with E-state index in [1.807, 2.05) is 24.3 Å². The summed E-state index contributed by atoms with van der Waals surface area (Å²) < 4.78 is 0.360. The summed E-state index contributed by atoms with van der Waals surface area (Å²) in [6, 6.07) is 15.4. The monoisotopic (exact) mass is 584 g/mol. The lowest BCUT2D eigenvalue weighted by Gasteiger charge is -2.41. The Balaban J connectivity index is 1.16. The predicted molar refractivity (Wildman–Crippen MR) is 151 cm³/mol. The Morgan fingerprint density at radius 1 is 0.919 bits per heavy atom. The van der Waals surface area contributed by atoms with Crippen LogP contribution in [0.15, 0.2) is 53.0 Å². The molecular formula is C27H30BrClN6O2. The van der Waals surface area contributed by atoms with E-state index in [1.165, 1.54) is 50.9 Å². The minimum atomic E-state index is -0.405. The van der Waals surface area contributed by atoms with E-state index in [4.69, 9.17) is 11.6 Å². The maximum Gasteiger partial charge on any atom is 0.277 e. The van der Waals surface area contributed by atoms with E-state index in [2.05, 4.69) is 46.6 Å². The number of hydrogen-bond acceptors (Lipinski definition) is 5. The van der Waals surface area contributed by atoms with E-state index in [0.29, 0.717) is 26.8 Å². The fourth-order valence-electron chi connectivity index (χ4n) is 5.11. The van der Waals surface area contributed by atoms with E-state index >= 15 is 0 Å². The number of H-pyrrole nitrogens is 1. The number of likely N-dealkylation sites (tertiary alicyclic amines) is 1. The van der Waals surface area contributed by atoms with Crippen molar-refractivity contribution in [3.05, 3.63) is 69.3 Å². The zero-order chi connectivity index (χ0) is 25.8. The van der Waals surface area contributed by atoms with Crippen molar-refractivity contribution in [2.45, 2.75) is 38.1 Å². The topological polar surface area (TPSA) is 93.4 Å². The average Bonchev–Trinajstić information content (AvgIpc) is 3.29. The van der Waals surface area contributed by atoms with Gasteiger partial charge in [-0.05, 0) is 91.1 Å². The molecule has 37 heavy (non-hydrogen) atoms. The molecule has 2 aliphatic heterocycles. The Morgan fingerprint density at radius 3 is 2.32 bits per heavy atom. The molecule has 2 aliphatic rings. The number of halogens is 2. The van der Waals surface area contributed by atoms with Gasteiger partial charge in [-0.15, -0.1) is 0 Å². The highest BCUT2D eigenvalue weighted by Gasteiger charge is 2.26. The Bertz CT molecular complexity index is 1250. The lowest BCUT2D eigenvalue weighted by atomic mass is 9.99. The Kier molecular flexibility index (Phi) is 8.12. The molecule has 3 N–H and O–H groups in total. The van der Waals surface area contributed by atoms with Crippen LogP contribution in [0.2, 0.25) is 5.02 Å². The molecule has 0 saturated carbocycles. The van der Waals surface area contributed by atoms with Gasteiger partial charge < -0.3 is 20.4 Å². The van der Waals surface area contributed by atoms with Crippen molar-refractivity contribution >= 4 is 56.5 Å². The minimum Gasteiger partial charge on any atom is -0.371 e. The molecule has 8 nitrogen and oxygen atoms in total. The summed E-state index contributed by atoms with van der Waals surface area (Å²) in [4.78, 5) is 30.5. The second-order valence-electron chi connectivity index (χ2n) is 9.51. The third kappa shape index (κ3) is 6.00. The molecule has 0 spiro atoms. The zero-order valence-electron chi connectivity index (χ0n) is 20.5. The average molecular weight is 586 g/mol. The van der Waals surface area contributed by atoms with Gasteiger partial charge in [0, 0.05) is 30.5 Å². The van der Waals surface area contributed by atoms with E-state index in [9.17, 15) is 9.59 Å². The first-order valence-corrected chi connectivity index (χ1v) is 13.9. The van der Waals surface area contributed by atoms with Gasteiger partial charge in [-0.25, -0.2) is 0 Å². The molecule has 10 heteroatoms. The lowest BCUT2D eigenvalue weighted by molar-refractivity contribution is 0.101. The fourth-order valence-corrected chi connectivity index (χ4v) is 5.78. The van der Waals surface area contributed by atoms with Crippen molar-refractivity contribution in [3.8, 4) is 0 Å². The number of anilines is 3. The SMILES string of the molecule is O=C(Nc1[nH]nc(C(=O)Nc2ccc(N3CCC(N4CCCCC4)CC3)cc2)c1Br)c1ccccc1Cl. The number of carbonyl (C=O) groups is 2. The first-order chi connectivity index (χ1) is 18.0. The van der Waals surface area contributed by atoms with Gasteiger partial charge >= 0.3 is 0 Å². The summed E-state index contributed by atoms with van der Waals surface area (Å²) in [5.41, 5.74) is 2.31. The molecule has 2 fully saturated rings. The normalized spacial score (nSPS) is 17.0. The van der Waals surface area contributed by atoms with E-state index in [0.717, 1.165) is 13.1 Å². The van der Waals surface area contributed by atoms with Gasteiger partial charge in [0.05, 0.1) is 15.1 Å². The van der Waals surface area contributed by atoms with Crippen LogP contribution in [-0.2, 0) is 0 Å². The van der Waals surface area contributed by atoms with Crippen molar-refractivity contribution in [1.29, 1.82) is 0 Å². The number of carbonyl (C=O) groups excluding carboxylic acids is 2. The smallest absolute Gasteiger partial charge is 0.277 e. The van der Waals surface area contributed by atoms with E-state index in [-0.39, 0.29) is 11.5 Å². The number of nitrogens with zero attached hydrogens (tertiary/aromatic N) is 3. The molecule has 2 saturated heterocycles. The summed E-state index contributed by atoms with van der Waals surface area (Å²) in [5.74, 6) is -0.521. The maximum absolute atomic E-state index is 12.9. The molecule has 0 aliphatic carbocycles. The lowest BCUT2D eigenvalue weighted by Crippen LogP contribution is -2.46. The van der Waals surface area contributed by atoms with Crippen LogP contribution in [0.4, 0.5) is 17.2 Å². The molecular weight excluding hydrogens is 556 g/mol. The van der Waals surface area contributed by atoms with Gasteiger partial charge in [0.2, 0.25) is 0 Å². The number of amides is 2.